The summed E-state index contributed by atoms with van der Waals surface area (Å²) in [6.45, 7) is 11.9. The fraction of sp³-hybridized carbons (Fsp3) is 0.579. The Hall–Kier alpha value is -2.70. The lowest BCUT2D eigenvalue weighted by molar-refractivity contribution is -0.403. The molecule has 2 aromatic heterocycles. The van der Waals surface area contributed by atoms with Gasteiger partial charge in [0, 0.05) is 37.5 Å². The average Bonchev–Trinajstić information content (AvgIpc) is 3.11. The Morgan fingerprint density at radius 3 is 2.48 bits per heavy atom. The zero-order valence-electron chi connectivity index (χ0n) is 18.6. The number of nitrogens with zero attached hydrogens (tertiary/aromatic N) is 5. The van der Waals surface area contributed by atoms with Crippen molar-refractivity contribution in [3.63, 3.8) is 0 Å². The summed E-state index contributed by atoms with van der Waals surface area (Å²) in [5.41, 5.74) is 0.906. The summed E-state index contributed by atoms with van der Waals surface area (Å²) in [5.74, 6) is -1.09. The topological polar surface area (TPSA) is 138 Å². The largest absolute Gasteiger partial charge is 0.439 e. The van der Waals surface area contributed by atoms with E-state index < -0.39 is 29.9 Å². The summed E-state index contributed by atoms with van der Waals surface area (Å²) in [7, 11) is -1.96. The summed E-state index contributed by atoms with van der Waals surface area (Å²) in [6, 6.07) is 5.64. The maximum Gasteiger partial charge on any atom is 0.439 e. The van der Waals surface area contributed by atoms with Gasteiger partial charge in [-0.05, 0) is 45.1 Å². The molecule has 12 heteroatoms. The lowest BCUT2D eigenvalue weighted by atomic mass is 10.1. The van der Waals surface area contributed by atoms with E-state index in [0.29, 0.717) is 19.6 Å². The van der Waals surface area contributed by atoms with E-state index >= 15 is 0 Å². The first-order valence-corrected chi connectivity index (χ1v) is 12.9. The third-order valence-electron chi connectivity index (χ3n) is 5.51. The molecule has 0 spiro atoms. The van der Waals surface area contributed by atoms with Gasteiger partial charge >= 0.3 is 11.8 Å². The second-order valence-electron chi connectivity index (χ2n) is 8.85. The molecule has 0 aliphatic carbocycles. The molecule has 31 heavy (non-hydrogen) atoms. The van der Waals surface area contributed by atoms with Gasteiger partial charge in [-0.2, -0.15) is 0 Å². The minimum Gasteiger partial charge on any atom is -0.415 e. The predicted molar refractivity (Wildman–Crippen MR) is 118 cm³/mol. The highest BCUT2D eigenvalue weighted by atomic mass is 28.4. The maximum absolute atomic E-state index is 11.2. The van der Waals surface area contributed by atoms with Crippen molar-refractivity contribution >= 4 is 20.1 Å². The van der Waals surface area contributed by atoms with Gasteiger partial charge in [-0.1, -0.05) is 26.8 Å². The molecule has 0 fully saturated rings. The first kappa shape index (κ1) is 24.6. The Labute approximate surface area is 182 Å². The monoisotopic (exact) mass is 450 g/mol. The molecular formula is C19H30N6O5Si. The molecule has 0 saturated heterocycles. The summed E-state index contributed by atoms with van der Waals surface area (Å²) < 4.78 is 7.54. The van der Waals surface area contributed by atoms with Gasteiger partial charge in [0.25, 0.3) is 0 Å². The van der Waals surface area contributed by atoms with Gasteiger partial charge in [0.15, 0.2) is 14.5 Å². The molecule has 0 amide bonds. The quantitative estimate of drug-likeness (QED) is 0.312. The number of nitrogens with one attached hydrogen (secondary N) is 1. The second-order valence-corrected chi connectivity index (χ2v) is 13.7. The molecular weight excluding hydrogens is 420 g/mol. The molecule has 170 valence electrons. The maximum atomic E-state index is 11.2. The van der Waals surface area contributed by atoms with E-state index in [-0.39, 0.29) is 17.6 Å². The smallest absolute Gasteiger partial charge is 0.415 e. The molecule has 0 aromatic carbocycles. The highest BCUT2D eigenvalue weighted by molar-refractivity contribution is 6.74. The molecule has 11 nitrogen and oxygen atoms in total. The van der Waals surface area contributed by atoms with E-state index in [9.17, 15) is 20.2 Å². The molecule has 2 rings (SSSR count). The van der Waals surface area contributed by atoms with Crippen LogP contribution in [-0.2, 0) is 17.4 Å². The molecule has 0 bridgehead atoms. The zero-order valence-corrected chi connectivity index (χ0v) is 19.6. The number of aromatic nitrogens is 3. The van der Waals surface area contributed by atoms with Gasteiger partial charge in [-0.25, -0.2) is 4.57 Å². The lowest BCUT2D eigenvalue weighted by Crippen LogP contribution is -2.46. The van der Waals surface area contributed by atoms with Crippen LogP contribution < -0.4 is 5.32 Å². The first-order chi connectivity index (χ1) is 14.4. The van der Waals surface area contributed by atoms with Crippen LogP contribution in [0.2, 0.25) is 18.1 Å². The molecule has 0 aliphatic heterocycles. The molecule has 0 radical (unpaired) electrons. The van der Waals surface area contributed by atoms with Crippen molar-refractivity contribution in [1.82, 2.24) is 19.9 Å². The van der Waals surface area contributed by atoms with Crippen molar-refractivity contribution in [2.45, 2.75) is 57.9 Å². The van der Waals surface area contributed by atoms with Gasteiger partial charge in [0.1, 0.15) is 0 Å². The van der Waals surface area contributed by atoms with Gasteiger partial charge < -0.3 is 30.0 Å². The Kier molecular flexibility index (Phi) is 7.98. The van der Waals surface area contributed by atoms with Gasteiger partial charge in [0.05, 0.1) is 6.54 Å². The third kappa shape index (κ3) is 6.91. The standard InChI is InChI=1S/C19H30N6O5Si/c1-19(2,3)31(4,5)30-14-16(12-15-8-6-7-9-20-15)21-10-11-23-13-17(24(26)27)22-18(23)25(28)29/h6-9,13,16,21H,10-12,14H2,1-5H3. The van der Waals surface area contributed by atoms with Crippen molar-refractivity contribution < 1.29 is 14.3 Å². The van der Waals surface area contributed by atoms with Crippen molar-refractivity contribution in [1.29, 1.82) is 0 Å². The summed E-state index contributed by atoms with van der Waals surface area (Å²) in [5, 5.41) is 25.5. The predicted octanol–water partition coefficient (Wildman–Crippen LogP) is 3.32. The van der Waals surface area contributed by atoms with Gasteiger partial charge in [0.2, 0.25) is 0 Å². The normalized spacial score (nSPS) is 13.2. The van der Waals surface area contributed by atoms with Crippen molar-refractivity contribution in [2.75, 3.05) is 13.2 Å². The van der Waals surface area contributed by atoms with Crippen molar-refractivity contribution in [3.8, 4) is 0 Å². The van der Waals surface area contributed by atoms with Gasteiger partial charge in [-0.3, -0.25) is 4.98 Å². The fourth-order valence-electron chi connectivity index (χ4n) is 2.67. The van der Waals surface area contributed by atoms with E-state index in [1.54, 1.807) is 6.20 Å². The van der Waals surface area contributed by atoms with E-state index in [4.69, 9.17) is 4.43 Å². The van der Waals surface area contributed by atoms with Crippen LogP contribution in [-0.4, -0.2) is 51.9 Å². The van der Waals surface area contributed by atoms with Crippen molar-refractivity contribution in [3.05, 3.63) is 56.5 Å². The van der Waals surface area contributed by atoms with Crippen LogP contribution in [0.1, 0.15) is 26.5 Å². The molecule has 1 atom stereocenters. The van der Waals surface area contributed by atoms with E-state index in [1.165, 1.54) is 4.57 Å². The summed E-state index contributed by atoms with van der Waals surface area (Å²) in [4.78, 5) is 28.5. The minimum atomic E-state index is -1.96. The number of hydrogen-bond donors (Lipinski definition) is 1. The zero-order chi connectivity index (χ0) is 23.2. The van der Waals surface area contributed by atoms with Crippen LogP contribution in [0.25, 0.3) is 0 Å². The molecule has 1 unspecified atom stereocenters. The number of hydrogen-bond acceptors (Lipinski definition) is 8. The van der Waals surface area contributed by atoms with Crippen LogP contribution >= 0.6 is 0 Å². The fourth-order valence-corrected chi connectivity index (χ4v) is 3.72. The molecule has 0 saturated carbocycles. The van der Waals surface area contributed by atoms with Crippen LogP contribution in [0.15, 0.2) is 30.6 Å². The van der Waals surface area contributed by atoms with Gasteiger partial charge in [-0.15, -0.1) is 0 Å². The summed E-state index contributed by atoms with van der Waals surface area (Å²) in [6.07, 6.45) is 3.44. The van der Waals surface area contributed by atoms with Crippen LogP contribution in [0.3, 0.4) is 0 Å². The average molecular weight is 451 g/mol. The Morgan fingerprint density at radius 2 is 1.94 bits per heavy atom. The number of nitro groups is 2. The number of pyridine rings is 1. The van der Waals surface area contributed by atoms with Crippen LogP contribution in [0, 0.1) is 20.2 Å². The van der Waals surface area contributed by atoms with E-state index in [2.05, 4.69) is 49.1 Å². The molecule has 0 aliphatic rings. The first-order valence-electron chi connectivity index (χ1n) is 10.0. The lowest BCUT2D eigenvalue weighted by Gasteiger charge is -2.37. The Morgan fingerprint density at radius 1 is 1.23 bits per heavy atom. The van der Waals surface area contributed by atoms with Crippen LogP contribution in [0.5, 0.6) is 0 Å². The van der Waals surface area contributed by atoms with Crippen molar-refractivity contribution in [2.24, 2.45) is 0 Å². The number of rotatable bonds is 11. The Balaban J connectivity index is 2.07. The highest BCUT2D eigenvalue weighted by Crippen LogP contribution is 2.36. The summed E-state index contributed by atoms with van der Waals surface area (Å²) >= 11 is 0. The highest BCUT2D eigenvalue weighted by Gasteiger charge is 2.37. The minimum absolute atomic E-state index is 0.0680. The van der Waals surface area contributed by atoms with E-state index in [0.717, 1.165) is 11.9 Å². The number of imidazole rings is 1. The molecule has 1 N–H and O–H groups in total. The van der Waals surface area contributed by atoms with Crippen LogP contribution in [0.4, 0.5) is 11.8 Å². The third-order valence-corrected chi connectivity index (χ3v) is 10.0. The molecule has 2 aromatic rings. The molecule has 2 heterocycles. The van der Waals surface area contributed by atoms with E-state index in [1.807, 2.05) is 18.2 Å². The Bertz CT molecular complexity index is 897. The second kappa shape index (κ2) is 10.1. The SMILES string of the molecule is CC(C)(C)[Si](C)(C)OCC(Cc1ccccn1)NCCn1cc([N+](=O)[O-])nc1[N+](=O)[O-].